The molecule has 2 aromatic carbocycles. The first kappa shape index (κ1) is 20.1. The molecule has 1 aromatic heterocycles. The maximum absolute atomic E-state index is 12.5. The molecule has 0 saturated carbocycles. The van der Waals surface area contributed by atoms with Gasteiger partial charge in [-0.25, -0.2) is 0 Å². The topological polar surface area (TPSA) is 115 Å². The highest BCUT2D eigenvalue weighted by Gasteiger charge is 2.14. The maximum Gasteiger partial charge on any atom is 0.302 e. The molecule has 9 nitrogen and oxygen atoms in total. The zero-order chi connectivity index (χ0) is 21.0. The third-order valence-corrected chi connectivity index (χ3v) is 3.97. The van der Waals surface area contributed by atoms with Crippen LogP contribution in [0.5, 0.6) is 11.5 Å². The summed E-state index contributed by atoms with van der Waals surface area (Å²) in [6.45, 7) is 1.41. The number of carbonyl (C=O) groups is 2. The minimum atomic E-state index is -0.455. The summed E-state index contributed by atoms with van der Waals surface area (Å²) in [5, 5.41) is 7.93. The molecule has 0 saturated heterocycles. The molecule has 0 aliphatic heterocycles. The van der Waals surface area contributed by atoms with E-state index < -0.39 is 5.91 Å². The second-order valence-corrected chi connectivity index (χ2v) is 6.30. The van der Waals surface area contributed by atoms with E-state index in [-0.39, 0.29) is 17.0 Å². The molecule has 0 unspecified atom stereocenters. The van der Waals surface area contributed by atoms with Crippen molar-refractivity contribution in [3.63, 3.8) is 0 Å². The summed E-state index contributed by atoms with van der Waals surface area (Å²) in [5.74, 6) is 0.300. The average Bonchev–Trinajstić information content (AvgIpc) is 3.08. The Kier molecular flexibility index (Phi) is 5.93. The molecule has 29 heavy (non-hydrogen) atoms. The number of methoxy groups -OCH3 is 2. The lowest BCUT2D eigenvalue weighted by Crippen LogP contribution is -2.34. The van der Waals surface area contributed by atoms with Crippen LogP contribution in [0.4, 0.5) is 11.7 Å². The Morgan fingerprint density at radius 2 is 1.72 bits per heavy atom. The van der Waals surface area contributed by atoms with Gasteiger partial charge in [0.05, 0.1) is 14.2 Å². The number of hydrogen-bond acceptors (Lipinski definition) is 7. The van der Waals surface area contributed by atoms with Crippen molar-refractivity contribution in [2.24, 2.45) is 0 Å². The first-order valence-corrected chi connectivity index (χ1v) is 8.82. The van der Waals surface area contributed by atoms with E-state index in [1.807, 2.05) is 0 Å². The van der Waals surface area contributed by atoms with Gasteiger partial charge in [0.2, 0.25) is 5.91 Å². The number of rotatable bonds is 5. The van der Waals surface area contributed by atoms with Crippen molar-refractivity contribution in [3.05, 3.63) is 42.0 Å². The lowest BCUT2D eigenvalue weighted by atomic mass is 10.2. The van der Waals surface area contributed by atoms with Gasteiger partial charge in [-0.2, -0.15) is 4.98 Å². The lowest BCUT2D eigenvalue weighted by Gasteiger charge is -2.09. The van der Waals surface area contributed by atoms with Crippen LogP contribution in [-0.4, -0.2) is 36.1 Å². The average molecular weight is 414 g/mol. The van der Waals surface area contributed by atoms with Crippen molar-refractivity contribution in [2.45, 2.75) is 6.92 Å². The Balaban J connectivity index is 1.70. The fraction of sp³-hybridized carbons (Fsp3) is 0.158. The van der Waals surface area contributed by atoms with Crippen molar-refractivity contribution in [2.75, 3.05) is 24.9 Å². The number of amides is 2. The van der Waals surface area contributed by atoms with Crippen molar-refractivity contribution in [3.8, 4) is 11.5 Å². The minimum absolute atomic E-state index is 0.00503. The third-order valence-electron chi connectivity index (χ3n) is 3.77. The second-order valence-electron chi connectivity index (χ2n) is 5.89. The Bertz CT molecular complexity index is 1070. The zero-order valence-electron chi connectivity index (χ0n) is 15.9. The first-order valence-electron chi connectivity index (χ1n) is 8.41. The molecule has 0 aliphatic rings. The number of oxazole rings is 1. The first-order chi connectivity index (χ1) is 13.9. The van der Waals surface area contributed by atoms with E-state index in [1.165, 1.54) is 21.1 Å². The van der Waals surface area contributed by atoms with E-state index in [0.717, 1.165) is 0 Å². The molecule has 3 N–H and O–H groups in total. The monoisotopic (exact) mass is 414 g/mol. The number of anilines is 2. The molecule has 3 aromatic rings. The summed E-state index contributed by atoms with van der Waals surface area (Å²) >= 11 is 5.16. The van der Waals surface area contributed by atoms with Crippen LogP contribution in [0, 0.1) is 0 Å². The highest BCUT2D eigenvalue weighted by molar-refractivity contribution is 7.80. The van der Waals surface area contributed by atoms with Crippen molar-refractivity contribution in [1.82, 2.24) is 10.3 Å². The summed E-state index contributed by atoms with van der Waals surface area (Å²) in [6, 6.07) is 9.91. The fourth-order valence-corrected chi connectivity index (χ4v) is 2.68. The number of thiocarbonyl (C=S) groups is 1. The fourth-order valence-electron chi connectivity index (χ4n) is 2.50. The van der Waals surface area contributed by atoms with Crippen LogP contribution in [0.2, 0.25) is 0 Å². The molecule has 0 aliphatic carbocycles. The van der Waals surface area contributed by atoms with Gasteiger partial charge in [-0.05, 0) is 36.5 Å². The molecule has 150 valence electrons. The van der Waals surface area contributed by atoms with Gasteiger partial charge < -0.3 is 19.2 Å². The highest BCUT2D eigenvalue weighted by atomic mass is 32.1. The lowest BCUT2D eigenvalue weighted by molar-refractivity contribution is -0.114. The number of nitrogens with zero attached hydrogens (tertiary/aromatic N) is 1. The zero-order valence-corrected chi connectivity index (χ0v) is 16.7. The normalized spacial score (nSPS) is 10.3. The molecule has 3 rings (SSSR count). The molecular formula is C19H18N4O5S. The quantitative estimate of drug-likeness (QED) is 0.546. The minimum Gasteiger partial charge on any atom is -0.497 e. The third kappa shape index (κ3) is 4.99. The van der Waals surface area contributed by atoms with Crippen LogP contribution in [-0.2, 0) is 4.79 Å². The van der Waals surface area contributed by atoms with E-state index in [4.69, 9.17) is 26.1 Å². The number of hydrogen-bond donors (Lipinski definition) is 3. The second kappa shape index (κ2) is 8.57. The van der Waals surface area contributed by atoms with Gasteiger partial charge in [-0.15, -0.1) is 0 Å². The molecule has 0 fully saturated rings. The smallest absolute Gasteiger partial charge is 0.302 e. The van der Waals surface area contributed by atoms with Crippen LogP contribution in [0.3, 0.4) is 0 Å². The van der Waals surface area contributed by atoms with Crippen molar-refractivity contribution >= 4 is 51.9 Å². The van der Waals surface area contributed by atoms with Gasteiger partial charge in [0.1, 0.15) is 17.0 Å². The number of aromatic nitrogens is 1. The SMILES string of the molecule is COc1cc(OC)cc(C(=O)NC(=S)Nc2nc3ccc(NC(C)=O)cc3o2)c1. The van der Waals surface area contributed by atoms with E-state index in [0.29, 0.717) is 33.8 Å². The van der Waals surface area contributed by atoms with Crippen LogP contribution in [0.15, 0.2) is 40.8 Å². The van der Waals surface area contributed by atoms with E-state index >= 15 is 0 Å². The highest BCUT2D eigenvalue weighted by Crippen LogP contribution is 2.24. The van der Waals surface area contributed by atoms with Gasteiger partial charge in [0.15, 0.2) is 10.7 Å². The van der Waals surface area contributed by atoms with Crippen LogP contribution in [0.25, 0.3) is 11.1 Å². The standard InChI is InChI=1S/C19H18N4O5S/c1-10(24)20-12-4-5-15-16(8-12)28-18(21-15)23-19(29)22-17(25)11-6-13(26-2)9-14(7-11)27-3/h4-9H,1-3H3,(H,20,24)(H2,21,22,23,25,29). The summed E-state index contributed by atoms with van der Waals surface area (Å²) in [6.07, 6.45) is 0. The Labute approximate surface area is 171 Å². The van der Waals surface area contributed by atoms with Gasteiger partial charge in [0.25, 0.3) is 5.91 Å². The van der Waals surface area contributed by atoms with Crippen LogP contribution >= 0.6 is 12.2 Å². The molecule has 2 amide bonds. The summed E-state index contributed by atoms with van der Waals surface area (Å²) in [5.41, 5.74) is 1.90. The van der Waals surface area contributed by atoms with Crippen molar-refractivity contribution in [1.29, 1.82) is 0 Å². The largest absolute Gasteiger partial charge is 0.497 e. The summed E-state index contributed by atoms with van der Waals surface area (Å²) < 4.78 is 15.9. The molecule has 10 heteroatoms. The molecule has 0 spiro atoms. The van der Waals surface area contributed by atoms with Gasteiger partial charge in [0, 0.05) is 30.3 Å². The Morgan fingerprint density at radius 1 is 1.03 bits per heavy atom. The van der Waals surface area contributed by atoms with Crippen LogP contribution in [0.1, 0.15) is 17.3 Å². The van der Waals surface area contributed by atoms with Gasteiger partial charge in [-0.1, -0.05) is 0 Å². The summed E-state index contributed by atoms with van der Waals surface area (Å²) in [7, 11) is 2.99. The van der Waals surface area contributed by atoms with Gasteiger partial charge >= 0.3 is 6.01 Å². The number of ether oxygens (including phenoxy) is 2. The number of nitrogens with one attached hydrogen (secondary N) is 3. The molecule has 0 bridgehead atoms. The van der Waals surface area contributed by atoms with Crippen molar-refractivity contribution < 1.29 is 23.5 Å². The Hall–Kier alpha value is -3.66. The molecule has 1 heterocycles. The van der Waals surface area contributed by atoms with E-state index in [1.54, 1.807) is 36.4 Å². The number of fused-ring (bicyclic) bond motifs is 1. The summed E-state index contributed by atoms with van der Waals surface area (Å²) in [4.78, 5) is 27.9. The van der Waals surface area contributed by atoms with E-state index in [9.17, 15) is 9.59 Å². The maximum atomic E-state index is 12.5. The molecule has 0 radical (unpaired) electrons. The Morgan fingerprint density at radius 3 is 2.34 bits per heavy atom. The van der Waals surface area contributed by atoms with Gasteiger partial charge in [-0.3, -0.25) is 20.2 Å². The number of benzene rings is 2. The predicted octanol–water partition coefficient (Wildman–Crippen LogP) is 2.93. The van der Waals surface area contributed by atoms with E-state index in [2.05, 4.69) is 20.9 Å². The molecule has 0 atom stereocenters. The van der Waals surface area contributed by atoms with Crippen LogP contribution < -0.4 is 25.4 Å². The molecular weight excluding hydrogens is 396 g/mol. The predicted molar refractivity (Wildman–Crippen MR) is 112 cm³/mol. The number of carbonyl (C=O) groups excluding carboxylic acids is 2.